The van der Waals surface area contributed by atoms with Gasteiger partial charge in [-0.2, -0.15) is 16.9 Å². The minimum absolute atomic E-state index is 0.134. The van der Waals surface area contributed by atoms with E-state index in [2.05, 4.69) is 36.3 Å². The lowest BCUT2D eigenvalue weighted by Gasteiger charge is -2.13. The summed E-state index contributed by atoms with van der Waals surface area (Å²) in [5.41, 5.74) is 3.24. The van der Waals surface area contributed by atoms with E-state index in [9.17, 15) is 4.79 Å². The highest BCUT2D eigenvalue weighted by Gasteiger charge is 2.15. The summed E-state index contributed by atoms with van der Waals surface area (Å²) in [5.74, 6) is 1.49. The molecule has 1 amide bonds. The van der Waals surface area contributed by atoms with E-state index in [1.807, 2.05) is 53.3 Å². The third-order valence-electron chi connectivity index (χ3n) is 4.21. The number of nitrogens with zero attached hydrogens (tertiary/aromatic N) is 5. The summed E-state index contributed by atoms with van der Waals surface area (Å²) in [7, 11) is 0. The Morgan fingerprint density at radius 1 is 1.25 bits per heavy atom. The Labute approximate surface area is 174 Å². The van der Waals surface area contributed by atoms with Crippen LogP contribution in [0.3, 0.4) is 0 Å². The van der Waals surface area contributed by atoms with Crippen molar-refractivity contribution >= 4 is 50.3 Å². The third kappa shape index (κ3) is 3.81. The van der Waals surface area contributed by atoms with Crippen LogP contribution in [0, 0.1) is 0 Å². The van der Waals surface area contributed by atoms with Crippen LogP contribution in [-0.2, 0) is 17.1 Å². The highest BCUT2D eigenvalue weighted by atomic mass is 79.9. The van der Waals surface area contributed by atoms with Crippen LogP contribution in [0.2, 0.25) is 0 Å². The lowest BCUT2D eigenvalue weighted by Crippen LogP contribution is -2.21. The van der Waals surface area contributed by atoms with E-state index in [-0.39, 0.29) is 12.5 Å². The summed E-state index contributed by atoms with van der Waals surface area (Å²) < 4.78 is 4.45. The highest BCUT2D eigenvalue weighted by Crippen LogP contribution is 2.25. The number of benzene rings is 2. The molecule has 0 aliphatic rings. The molecule has 7 nitrogen and oxygen atoms in total. The molecule has 0 saturated carbocycles. The summed E-state index contributed by atoms with van der Waals surface area (Å²) in [6.07, 6.45) is 5.08. The van der Waals surface area contributed by atoms with Crippen molar-refractivity contribution in [2.75, 3.05) is 11.6 Å². The van der Waals surface area contributed by atoms with Gasteiger partial charge in [-0.05, 0) is 36.6 Å². The molecule has 0 fully saturated rings. The molecule has 9 heteroatoms. The molecular formula is C19H17BrN6OS. The molecule has 2 aromatic carbocycles. The van der Waals surface area contributed by atoms with Crippen LogP contribution >= 0.6 is 27.7 Å². The first-order chi connectivity index (χ1) is 13.7. The van der Waals surface area contributed by atoms with Gasteiger partial charge in [0.1, 0.15) is 25.0 Å². The van der Waals surface area contributed by atoms with Gasteiger partial charge in [-0.15, -0.1) is 0 Å². The van der Waals surface area contributed by atoms with Gasteiger partial charge in [0.25, 0.3) is 0 Å². The highest BCUT2D eigenvalue weighted by molar-refractivity contribution is 9.10. The van der Waals surface area contributed by atoms with Crippen molar-refractivity contribution in [3.63, 3.8) is 0 Å². The van der Waals surface area contributed by atoms with Gasteiger partial charge in [0.15, 0.2) is 0 Å². The van der Waals surface area contributed by atoms with E-state index >= 15 is 0 Å². The minimum Gasteiger partial charge on any atom is -0.323 e. The summed E-state index contributed by atoms with van der Waals surface area (Å²) in [6.45, 7) is 0.180. The number of fused-ring (bicyclic) bond motifs is 1. The number of carbonyl (C=O) groups is 1. The predicted molar refractivity (Wildman–Crippen MR) is 115 cm³/mol. The maximum atomic E-state index is 12.9. The Morgan fingerprint density at radius 3 is 2.89 bits per heavy atom. The summed E-state index contributed by atoms with van der Waals surface area (Å²) in [6, 6.07) is 13.5. The molecule has 4 rings (SSSR count). The number of anilines is 1. The SMILES string of the molecule is CSCc1nc2ccccc2n1CC(=O)Nc1cc(Br)ccc1-n1cncn1. The first-order valence-electron chi connectivity index (χ1n) is 8.53. The van der Waals surface area contributed by atoms with Crippen molar-refractivity contribution in [3.05, 3.63) is 65.4 Å². The summed E-state index contributed by atoms with van der Waals surface area (Å²) in [5, 5.41) is 7.16. The first-order valence-corrected chi connectivity index (χ1v) is 10.7. The van der Waals surface area contributed by atoms with Crippen molar-refractivity contribution in [1.29, 1.82) is 0 Å². The van der Waals surface area contributed by atoms with Gasteiger partial charge in [0, 0.05) is 4.47 Å². The second kappa shape index (κ2) is 8.15. The standard InChI is InChI=1S/C19H17BrN6OS/c1-28-10-18-23-14-4-2-3-5-16(14)25(18)9-19(27)24-15-8-13(20)6-7-17(15)26-12-21-11-22-26/h2-8,11-12H,9-10H2,1H3,(H,24,27). The number of imidazole rings is 1. The summed E-state index contributed by atoms with van der Waals surface area (Å²) >= 11 is 5.14. The molecule has 0 aliphatic heterocycles. The number of rotatable bonds is 6. The van der Waals surface area contributed by atoms with Crippen LogP contribution in [0.15, 0.2) is 59.6 Å². The number of amides is 1. The van der Waals surface area contributed by atoms with E-state index in [0.717, 1.165) is 32.8 Å². The Balaban J connectivity index is 1.63. The molecule has 0 aliphatic carbocycles. The quantitative estimate of drug-likeness (QED) is 0.476. The van der Waals surface area contributed by atoms with Crippen LogP contribution in [0.1, 0.15) is 5.82 Å². The number of carbonyl (C=O) groups excluding carboxylic acids is 1. The van der Waals surface area contributed by atoms with Gasteiger partial charge in [0.05, 0.1) is 28.2 Å². The molecule has 0 spiro atoms. The van der Waals surface area contributed by atoms with E-state index in [0.29, 0.717) is 5.69 Å². The third-order valence-corrected chi connectivity index (χ3v) is 5.25. The van der Waals surface area contributed by atoms with Gasteiger partial charge in [-0.25, -0.2) is 14.6 Å². The number of hydrogen-bond acceptors (Lipinski definition) is 5. The van der Waals surface area contributed by atoms with Gasteiger partial charge >= 0.3 is 0 Å². The first kappa shape index (κ1) is 18.7. The molecule has 0 atom stereocenters. The zero-order valence-electron chi connectivity index (χ0n) is 15.0. The molecule has 0 saturated heterocycles. The largest absolute Gasteiger partial charge is 0.323 e. The Morgan fingerprint density at radius 2 is 2.11 bits per heavy atom. The number of hydrogen-bond donors (Lipinski definition) is 1. The fourth-order valence-corrected chi connectivity index (χ4v) is 3.85. The van der Waals surface area contributed by atoms with Gasteiger partial charge in [-0.1, -0.05) is 28.1 Å². The topological polar surface area (TPSA) is 77.6 Å². The van der Waals surface area contributed by atoms with Crippen molar-refractivity contribution in [2.24, 2.45) is 0 Å². The number of para-hydroxylation sites is 2. The van der Waals surface area contributed by atoms with E-state index in [4.69, 9.17) is 0 Å². The fourth-order valence-electron chi connectivity index (χ4n) is 3.02. The van der Waals surface area contributed by atoms with Crippen molar-refractivity contribution in [3.8, 4) is 5.69 Å². The van der Waals surface area contributed by atoms with Gasteiger partial charge < -0.3 is 9.88 Å². The molecule has 2 heterocycles. The lowest BCUT2D eigenvalue weighted by atomic mass is 10.2. The average molecular weight is 457 g/mol. The monoisotopic (exact) mass is 456 g/mol. The second-order valence-electron chi connectivity index (χ2n) is 6.09. The number of thioether (sulfide) groups is 1. The number of halogens is 1. The molecule has 0 bridgehead atoms. The molecule has 142 valence electrons. The molecule has 1 N–H and O–H groups in total. The van der Waals surface area contributed by atoms with Crippen LogP contribution in [0.4, 0.5) is 5.69 Å². The van der Waals surface area contributed by atoms with Crippen molar-refractivity contribution in [1.82, 2.24) is 24.3 Å². The predicted octanol–water partition coefficient (Wildman–Crippen LogP) is 3.88. The smallest absolute Gasteiger partial charge is 0.244 e. The fraction of sp³-hybridized carbons (Fsp3) is 0.158. The molecular weight excluding hydrogens is 440 g/mol. The Hall–Kier alpha value is -2.65. The molecule has 4 aromatic rings. The van der Waals surface area contributed by atoms with E-state index in [1.165, 1.54) is 6.33 Å². The zero-order valence-corrected chi connectivity index (χ0v) is 17.4. The zero-order chi connectivity index (χ0) is 19.5. The van der Waals surface area contributed by atoms with Crippen LogP contribution < -0.4 is 5.32 Å². The van der Waals surface area contributed by atoms with Gasteiger partial charge in [-0.3, -0.25) is 4.79 Å². The number of nitrogens with one attached hydrogen (secondary N) is 1. The Kier molecular flexibility index (Phi) is 5.45. The van der Waals surface area contributed by atoms with Crippen LogP contribution in [0.25, 0.3) is 16.7 Å². The number of aromatic nitrogens is 5. The van der Waals surface area contributed by atoms with Gasteiger partial charge in [0.2, 0.25) is 5.91 Å². The van der Waals surface area contributed by atoms with Crippen molar-refractivity contribution < 1.29 is 4.79 Å². The summed E-state index contributed by atoms with van der Waals surface area (Å²) in [4.78, 5) is 21.5. The van der Waals surface area contributed by atoms with Crippen molar-refractivity contribution in [2.45, 2.75) is 12.3 Å². The molecule has 0 unspecified atom stereocenters. The Bertz CT molecular complexity index is 1120. The maximum absolute atomic E-state index is 12.9. The molecule has 0 radical (unpaired) electrons. The van der Waals surface area contributed by atoms with Crippen LogP contribution in [-0.4, -0.2) is 36.5 Å². The average Bonchev–Trinajstić information content (AvgIpc) is 3.31. The second-order valence-corrected chi connectivity index (χ2v) is 7.87. The van der Waals surface area contributed by atoms with E-state index in [1.54, 1.807) is 22.8 Å². The van der Waals surface area contributed by atoms with E-state index < -0.39 is 0 Å². The molecule has 2 aromatic heterocycles. The van der Waals surface area contributed by atoms with Crippen LogP contribution in [0.5, 0.6) is 0 Å². The lowest BCUT2D eigenvalue weighted by molar-refractivity contribution is -0.116. The normalized spacial score (nSPS) is 11.1. The maximum Gasteiger partial charge on any atom is 0.244 e. The molecule has 28 heavy (non-hydrogen) atoms. The minimum atomic E-state index is -0.134.